The number of halogens is 1. The van der Waals surface area contributed by atoms with Crippen molar-refractivity contribution in [3.63, 3.8) is 0 Å². The van der Waals surface area contributed by atoms with Crippen LogP contribution < -0.4 is 10.6 Å². The lowest BCUT2D eigenvalue weighted by Gasteiger charge is -2.10. The van der Waals surface area contributed by atoms with Gasteiger partial charge in [0.15, 0.2) is 0 Å². The number of nitrogens with zero attached hydrogens (tertiary/aromatic N) is 3. The molecule has 0 radical (unpaired) electrons. The lowest BCUT2D eigenvalue weighted by atomic mass is 10.0. The van der Waals surface area contributed by atoms with Gasteiger partial charge in [-0.3, -0.25) is 9.59 Å². The van der Waals surface area contributed by atoms with E-state index in [2.05, 4.69) is 31.3 Å². The Morgan fingerprint density at radius 1 is 0.822 bits per heavy atom. The maximum absolute atomic E-state index is 12.6. The van der Waals surface area contributed by atoms with Crippen LogP contribution in [0.2, 0.25) is 5.02 Å². The summed E-state index contributed by atoms with van der Waals surface area (Å²) in [5, 5.41) is 20.1. The molecule has 12 nitrogen and oxygen atoms in total. The summed E-state index contributed by atoms with van der Waals surface area (Å²) < 4.78 is 21.1. The first kappa shape index (κ1) is 33.7. The highest BCUT2D eigenvalue weighted by Crippen LogP contribution is 2.29. The quantitative estimate of drug-likeness (QED) is 0.129. The lowest BCUT2D eigenvalue weighted by molar-refractivity contribution is -0.116. The molecule has 0 aliphatic carbocycles. The average molecular weight is 637 g/mol. The molecule has 4 rings (SSSR count). The van der Waals surface area contributed by atoms with Crippen LogP contribution in [0.5, 0.6) is 0 Å². The van der Waals surface area contributed by atoms with E-state index in [9.17, 15) is 9.59 Å². The number of tetrazole rings is 1. The van der Waals surface area contributed by atoms with E-state index in [-0.39, 0.29) is 11.8 Å². The zero-order valence-electron chi connectivity index (χ0n) is 25.1. The monoisotopic (exact) mass is 636 g/mol. The molecular weight excluding hydrogens is 600 g/mol. The van der Waals surface area contributed by atoms with Crippen molar-refractivity contribution in [3.05, 3.63) is 82.9 Å². The van der Waals surface area contributed by atoms with E-state index in [0.29, 0.717) is 87.7 Å². The first-order valence-electron chi connectivity index (χ1n) is 14.6. The van der Waals surface area contributed by atoms with Crippen LogP contribution in [0, 0.1) is 0 Å². The summed E-state index contributed by atoms with van der Waals surface area (Å²) in [7, 11) is 1.63. The molecule has 0 fully saturated rings. The van der Waals surface area contributed by atoms with Crippen LogP contribution in [-0.4, -0.2) is 92.3 Å². The number of carbonyl (C=O) groups excluding carboxylic acids is 2. The third-order valence-electron chi connectivity index (χ3n) is 6.62. The molecule has 3 N–H and O–H groups in total. The van der Waals surface area contributed by atoms with Crippen LogP contribution in [0.25, 0.3) is 22.5 Å². The molecule has 1 aromatic heterocycles. The van der Waals surface area contributed by atoms with Gasteiger partial charge in [-0.15, -0.1) is 10.2 Å². The van der Waals surface area contributed by atoms with E-state index < -0.39 is 0 Å². The number of rotatable bonds is 19. The van der Waals surface area contributed by atoms with E-state index in [4.69, 9.17) is 30.5 Å². The molecule has 1 heterocycles. The van der Waals surface area contributed by atoms with Crippen LogP contribution >= 0.6 is 11.6 Å². The minimum atomic E-state index is -0.229. The number of amides is 2. The van der Waals surface area contributed by atoms with E-state index in [1.165, 1.54) is 0 Å². The van der Waals surface area contributed by atoms with Crippen molar-refractivity contribution in [1.29, 1.82) is 0 Å². The second-order valence-electron chi connectivity index (χ2n) is 9.84. The van der Waals surface area contributed by atoms with E-state index in [1.807, 2.05) is 42.5 Å². The normalized spacial score (nSPS) is 11.0. The van der Waals surface area contributed by atoms with Crippen molar-refractivity contribution in [2.45, 2.75) is 12.8 Å². The van der Waals surface area contributed by atoms with Crippen molar-refractivity contribution in [3.8, 4) is 22.5 Å². The predicted molar refractivity (Wildman–Crippen MR) is 170 cm³/mol. The van der Waals surface area contributed by atoms with Gasteiger partial charge in [0.05, 0.1) is 46.2 Å². The number of anilines is 1. The molecule has 0 unspecified atom stereocenters. The third kappa shape index (κ3) is 11.3. The Kier molecular flexibility index (Phi) is 13.9. The molecular formula is C32H37ClN6O6. The number of hydrogen-bond acceptors (Lipinski definition) is 9. The molecule has 238 valence electrons. The van der Waals surface area contributed by atoms with Crippen molar-refractivity contribution >= 4 is 29.1 Å². The summed E-state index contributed by atoms with van der Waals surface area (Å²) in [5.41, 5.74) is 4.71. The standard InChI is InChI=1S/C32H37ClN6O6/c1-42-16-17-44-20-21-45-19-18-43-15-14-34-32(41)26-9-12-28(29(33)22-26)24-5-2-23(3-6-24)4-13-30(40)35-27-10-7-25(8-11-27)31-36-38-39-37-31/h2-3,5-12,22H,4,13-21H2,1H3,(H,34,41)(H,35,40)(H,36,37,38,39). The molecule has 3 aromatic carbocycles. The smallest absolute Gasteiger partial charge is 0.251 e. The van der Waals surface area contributed by atoms with Crippen LogP contribution in [0.15, 0.2) is 66.7 Å². The molecule has 0 saturated heterocycles. The number of aromatic nitrogens is 4. The maximum atomic E-state index is 12.6. The SMILES string of the molecule is COCCOCCOCCOCCNC(=O)c1ccc(-c2ccc(CCC(=O)Nc3ccc(-c4nn[nH]n4)cc3)cc2)c(Cl)c1. The van der Waals surface area contributed by atoms with Gasteiger partial charge in [-0.2, -0.15) is 5.21 Å². The number of carbonyl (C=O) groups is 2. The highest BCUT2D eigenvalue weighted by Gasteiger charge is 2.11. The van der Waals surface area contributed by atoms with Gasteiger partial charge in [-0.25, -0.2) is 0 Å². The number of aryl methyl sites for hydroxylation is 1. The Morgan fingerprint density at radius 2 is 1.49 bits per heavy atom. The molecule has 0 aliphatic rings. The summed E-state index contributed by atoms with van der Waals surface area (Å²) in [6.45, 7) is 3.73. The fraction of sp³-hybridized carbons (Fsp3) is 0.344. The Hall–Kier alpha value is -4.20. The van der Waals surface area contributed by atoms with Crippen molar-refractivity contribution in [2.75, 3.05) is 65.2 Å². The number of ether oxygens (including phenoxy) is 4. The summed E-state index contributed by atoms with van der Waals surface area (Å²) in [6.07, 6.45) is 0.918. The predicted octanol–water partition coefficient (Wildman–Crippen LogP) is 4.18. The molecule has 4 aromatic rings. The Labute approximate surface area is 266 Å². The van der Waals surface area contributed by atoms with Crippen LogP contribution in [0.1, 0.15) is 22.3 Å². The molecule has 0 saturated carbocycles. The fourth-order valence-electron chi connectivity index (χ4n) is 4.23. The molecule has 0 bridgehead atoms. The van der Waals surface area contributed by atoms with E-state index in [1.54, 1.807) is 31.4 Å². The van der Waals surface area contributed by atoms with Crippen molar-refractivity contribution in [1.82, 2.24) is 25.9 Å². The van der Waals surface area contributed by atoms with Crippen LogP contribution in [-0.2, 0) is 30.2 Å². The minimum Gasteiger partial charge on any atom is -0.382 e. The topological polar surface area (TPSA) is 150 Å². The minimum absolute atomic E-state index is 0.0838. The molecule has 13 heteroatoms. The Bertz CT molecular complexity index is 1470. The molecule has 0 spiro atoms. The van der Waals surface area contributed by atoms with Gasteiger partial charge >= 0.3 is 0 Å². The maximum Gasteiger partial charge on any atom is 0.251 e. The molecule has 0 atom stereocenters. The zero-order valence-corrected chi connectivity index (χ0v) is 25.8. The molecule has 2 amide bonds. The van der Waals surface area contributed by atoms with Crippen molar-refractivity contribution in [2.24, 2.45) is 0 Å². The highest BCUT2D eigenvalue weighted by atomic mass is 35.5. The Morgan fingerprint density at radius 3 is 2.13 bits per heavy atom. The largest absolute Gasteiger partial charge is 0.382 e. The first-order chi connectivity index (χ1) is 22.0. The highest BCUT2D eigenvalue weighted by molar-refractivity contribution is 6.33. The van der Waals surface area contributed by atoms with Crippen LogP contribution in [0.4, 0.5) is 5.69 Å². The number of H-pyrrole nitrogens is 1. The van der Waals surface area contributed by atoms with E-state index in [0.717, 1.165) is 22.3 Å². The molecule has 0 aliphatic heterocycles. The third-order valence-corrected chi connectivity index (χ3v) is 6.93. The van der Waals surface area contributed by atoms with Gasteiger partial charge < -0.3 is 29.6 Å². The summed E-state index contributed by atoms with van der Waals surface area (Å²) in [4.78, 5) is 25.0. The lowest BCUT2D eigenvalue weighted by Crippen LogP contribution is -2.27. The van der Waals surface area contributed by atoms with Gasteiger partial charge in [0.1, 0.15) is 0 Å². The van der Waals surface area contributed by atoms with E-state index >= 15 is 0 Å². The number of hydrogen-bond donors (Lipinski definition) is 3. The summed E-state index contributed by atoms with van der Waals surface area (Å²) >= 11 is 6.55. The number of methoxy groups -OCH3 is 1. The second-order valence-corrected chi connectivity index (χ2v) is 10.2. The van der Waals surface area contributed by atoms with Gasteiger partial charge in [-0.05, 0) is 59.2 Å². The number of benzene rings is 3. The Balaban J connectivity index is 1.14. The second kappa shape index (κ2) is 18.6. The summed E-state index contributed by atoms with van der Waals surface area (Å²) in [6, 6.07) is 20.3. The van der Waals surface area contributed by atoms with Crippen LogP contribution in [0.3, 0.4) is 0 Å². The van der Waals surface area contributed by atoms with Crippen molar-refractivity contribution < 1.29 is 28.5 Å². The zero-order chi connectivity index (χ0) is 31.7. The molecule has 45 heavy (non-hydrogen) atoms. The average Bonchev–Trinajstić information content (AvgIpc) is 3.60. The van der Waals surface area contributed by atoms with Gasteiger partial charge in [0.2, 0.25) is 11.7 Å². The fourth-order valence-corrected chi connectivity index (χ4v) is 4.52. The number of aromatic amines is 1. The van der Waals surface area contributed by atoms with Gasteiger partial charge in [0.25, 0.3) is 5.91 Å². The first-order valence-corrected chi connectivity index (χ1v) is 14.9. The summed E-state index contributed by atoms with van der Waals surface area (Å²) in [5.74, 6) is 0.179. The van der Waals surface area contributed by atoms with Gasteiger partial charge in [0, 0.05) is 47.5 Å². The number of nitrogens with one attached hydrogen (secondary N) is 3. The van der Waals surface area contributed by atoms with Gasteiger partial charge in [-0.1, -0.05) is 41.9 Å².